The van der Waals surface area contributed by atoms with Crippen LogP contribution in [0.25, 0.3) is 0 Å². The molecule has 20 heavy (non-hydrogen) atoms. The van der Waals surface area contributed by atoms with Gasteiger partial charge in [-0.25, -0.2) is 0 Å². The normalized spacial score (nSPS) is 18.1. The molecule has 0 radical (unpaired) electrons. The SMILES string of the molecule is CCc1cc(C(=O)N2CCC(C)(C(=O)O)CC2)n(C)n1. The molecule has 6 heteroatoms. The molecule has 6 nitrogen and oxygen atoms in total. The molecule has 1 fully saturated rings. The number of piperidine rings is 1. The first-order valence-corrected chi connectivity index (χ1v) is 6.93. The number of hydrogen-bond donors (Lipinski definition) is 1. The van der Waals surface area contributed by atoms with E-state index in [4.69, 9.17) is 0 Å². The van der Waals surface area contributed by atoms with Crippen LogP contribution < -0.4 is 0 Å². The molecule has 1 aliphatic heterocycles. The van der Waals surface area contributed by atoms with Gasteiger partial charge in [-0.2, -0.15) is 5.10 Å². The van der Waals surface area contributed by atoms with Gasteiger partial charge in [0.25, 0.3) is 5.91 Å². The van der Waals surface area contributed by atoms with Gasteiger partial charge < -0.3 is 10.0 Å². The minimum absolute atomic E-state index is 0.0628. The van der Waals surface area contributed by atoms with E-state index in [9.17, 15) is 14.7 Å². The average molecular weight is 279 g/mol. The summed E-state index contributed by atoms with van der Waals surface area (Å²) in [5, 5.41) is 13.5. The Kier molecular flexibility index (Phi) is 3.83. The number of likely N-dealkylation sites (tertiary alicyclic amines) is 1. The van der Waals surface area contributed by atoms with Crippen LogP contribution in [-0.2, 0) is 18.3 Å². The van der Waals surface area contributed by atoms with Crippen molar-refractivity contribution in [3.8, 4) is 0 Å². The molecule has 0 bridgehead atoms. The molecular formula is C14H21N3O3. The molecule has 2 rings (SSSR count). The highest BCUT2D eigenvalue weighted by Gasteiger charge is 2.38. The highest BCUT2D eigenvalue weighted by atomic mass is 16.4. The maximum atomic E-state index is 12.4. The Morgan fingerprint density at radius 1 is 1.40 bits per heavy atom. The van der Waals surface area contributed by atoms with E-state index in [1.165, 1.54) is 0 Å². The number of carbonyl (C=O) groups is 2. The van der Waals surface area contributed by atoms with E-state index in [0.717, 1.165) is 12.1 Å². The fourth-order valence-corrected chi connectivity index (χ4v) is 2.48. The van der Waals surface area contributed by atoms with Gasteiger partial charge >= 0.3 is 5.97 Å². The molecule has 1 amide bonds. The van der Waals surface area contributed by atoms with Crippen molar-refractivity contribution in [2.24, 2.45) is 12.5 Å². The van der Waals surface area contributed by atoms with Crippen LogP contribution in [0.5, 0.6) is 0 Å². The first-order chi connectivity index (χ1) is 9.37. The van der Waals surface area contributed by atoms with E-state index in [1.807, 2.05) is 13.0 Å². The second-order valence-corrected chi connectivity index (χ2v) is 5.66. The van der Waals surface area contributed by atoms with Crippen LogP contribution in [0.2, 0.25) is 0 Å². The third-order valence-electron chi connectivity index (χ3n) is 4.18. The predicted molar refractivity (Wildman–Crippen MR) is 73.5 cm³/mol. The molecule has 0 unspecified atom stereocenters. The van der Waals surface area contributed by atoms with Crippen LogP contribution in [0.3, 0.4) is 0 Å². The van der Waals surface area contributed by atoms with Gasteiger partial charge in [-0.05, 0) is 32.3 Å². The quantitative estimate of drug-likeness (QED) is 0.905. The summed E-state index contributed by atoms with van der Waals surface area (Å²) in [6.45, 7) is 4.70. The minimum atomic E-state index is -0.779. The highest BCUT2D eigenvalue weighted by Crippen LogP contribution is 2.31. The molecule has 2 heterocycles. The van der Waals surface area contributed by atoms with Crippen LogP contribution in [0.4, 0.5) is 0 Å². The lowest BCUT2D eigenvalue weighted by atomic mass is 9.80. The van der Waals surface area contributed by atoms with E-state index < -0.39 is 11.4 Å². The van der Waals surface area contributed by atoms with Crippen molar-refractivity contribution in [1.82, 2.24) is 14.7 Å². The molecular weight excluding hydrogens is 258 g/mol. The summed E-state index contributed by atoms with van der Waals surface area (Å²) in [5.41, 5.74) is 0.752. The zero-order chi connectivity index (χ0) is 14.9. The number of carboxylic acid groups (broad SMARTS) is 1. The Labute approximate surface area is 118 Å². The number of carboxylic acids is 1. The maximum absolute atomic E-state index is 12.4. The number of aryl methyl sites for hydroxylation is 2. The third-order valence-corrected chi connectivity index (χ3v) is 4.18. The standard InChI is InChI=1S/C14H21N3O3/c1-4-10-9-11(16(3)15-10)12(18)17-7-5-14(2,6-8-17)13(19)20/h9H,4-8H2,1-3H3,(H,19,20). The minimum Gasteiger partial charge on any atom is -0.481 e. The number of carbonyl (C=O) groups excluding carboxylic acids is 1. The summed E-state index contributed by atoms with van der Waals surface area (Å²) in [7, 11) is 1.76. The van der Waals surface area contributed by atoms with Crippen molar-refractivity contribution < 1.29 is 14.7 Å². The lowest BCUT2D eigenvalue weighted by molar-refractivity contribution is -0.150. The number of aromatic nitrogens is 2. The predicted octanol–water partition coefficient (Wildman–Crippen LogP) is 1.31. The van der Waals surface area contributed by atoms with E-state index in [0.29, 0.717) is 31.6 Å². The molecule has 1 aromatic heterocycles. The van der Waals surface area contributed by atoms with Gasteiger partial charge in [0.05, 0.1) is 11.1 Å². The molecule has 1 aromatic rings. The van der Waals surface area contributed by atoms with E-state index in [2.05, 4.69) is 5.10 Å². The van der Waals surface area contributed by atoms with Crippen molar-refractivity contribution in [2.45, 2.75) is 33.1 Å². The van der Waals surface area contributed by atoms with Gasteiger partial charge in [-0.1, -0.05) is 6.92 Å². The van der Waals surface area contributed by atoms with Crippen LogP contribution in [0.15, 0.2) is 6.07 Å². The van der Waals surface area contributed by atoms with Crippen molar-refractivity contribution in [2.75, 3.05) is 13.1 Å². The first kappa shape index (κ1) is 14.6. The largest absolute Gasteiger partial charge is 0.481 e. The second-order valence-electron chi connectivity index (χ2n) is 5.66. The Balaban J connectivity index is 2.08. The topological polar surface area (TPSA) is 75.4 Å². The molecule has 110 valence electrons. The van der Waals surface area contributed by atoms with Crippen molar-refractivity contribution in [3.05, 3.63) is 17.5 Å². The number of rotatable bonds is 3. The van der Waals surface area contributed by atoms with Gasteiger partial charge in [0, 0.05) is 20.1 Å². The lowest BCUT2D eigenvalue weighted by Gasteiger charge is -2.36. The third kappa shape index (κ3) is 2.55. The van der Waals surface area contributed by atoms with Gasteiger partial charge in [0.2, 0.25) is 0 Å². The van der Waals surface area contributed by atoms with Crippen LogP contribution in [-0.4, -0.2) is 44.8 Å². The van der Waals surface area contributed by atoms with Crippen LogP contribution in [0.1, 0.15) is 42.9 Å². The fraction of sp³-hybridized carbons (Fsp3) is 0.643. The summed E-state index contributed by atoms with van der Waals surface area (Å²) in [4.78, 5) is 25.4. The van der Waals surface area contributed by atoms with Gasteiger partial charge in [-0.15, -0.1) is 0 Å². The smallest absolute Gasteiger partial charge is 0.309 e. The Bertz CT molecular complexity index is 528. The second kappa shape index (κ2) is 5.26. The number of amides is 1. The molecule has 0 aromatic carbocycles. The summed E-state index contributed by atoms with van der Waals surface area (Å²) in [6.07, 6.45) is 1.78. The Morgan fingerprint density at radius 3 is 2.45 bits per heavy atom. The summed E-state index contributed by atoms with van der Waals surface area (Å²) in [5.74, 6) is -0.842. The van der Waals surface area contributed by atoms with Crippen molar-refractivity contribution >= 4 is 11.9 Å². The molecule has 0 saturated carbocycles. The van der Waals surface area contributed by atoms with Crippen molar-refractivity contribution in [1.29, 1.82) is 0 Å². The lowest BCUT2D eigenvalue weighted by Crippen LogP contribution is -2.45. The molecule has 1 aliphatic rings. The van der Waals surface area contributed by atoms with Gasteiger partial charge in [-0.3, -0.25) is 14.3 Å². The monoisotopic (exact) mass is 279 g/mol. The van der Waals surface area contributed by atoms with Gasteiger partial charge in [0.1, 0.15) is 5.69 Å². The van der Waals surface area contributed by atoms with Crippen LogP contribution in [0, 0.1) is 5.41 Å². The summed E-state index contributed by atoms with van der Waals surface area (Å²) >= 11 is 0. The maximum Gasteiger partial charge on any atom is 0.309 e. The van der Waals surface area contributed by atoms with Gasteiger partial charge in [0.15, 0.2) is 0 Å². The zero-order valence-corrected chi connectivity index (χ0v) is 12.2. The highest BCUT2D eigenvalue weighted by molar-refractivity contribution is 5.93. The Morgan fingerprint density at radius 2 is 2.00 bits per heavy atom. The molecule has 0 spiro atoms. The number of hydrogen-bond acceptors (Lipinski definition) is 3. The summed E-state index contributed by atoms with van der Waals surface area (Å²) < 4.78 is 1.60. The molecule has 1 saturated heterocycles. The number of aliphatic carboxylic acids is 1. The average Bonchev–Trinajstić information content (AvgIpc) is 2.80. The van der Waals surface area contributed by atoms with Crippen LogP contribution >= 0.6 is 0 Å². The molecule has 0 atom stereocenters. The summed E-state index contributed by atoms with van der Waals surface area (Å²) in [6, 6.07) is 1.81. The first-order valence-electron chi connectivity index (χ1n) is 6.93. The number of nitrogens with zero attached hydrogens (tertiary/aromatic N) is 3. The fourth-order valence-electron chi connectivity index (χ4n) is 2.48. The zero-order valence-electron chi connectivity index (χ0n) is 12.2. The van der Waals surface area contributed by atoms with E-state index in [1.54, 1.807) is 23.6 Å². The Hall–Kier alpha value is -1.85. The van der Waals surface area contributed by atoms with E-state index in [-0.39, 0.29) is 5.91 Å². The molecule has 1 N–H and O–H groups in total. The molecule has 0 aliphatic carbocycles. The van der Waals surface area contributed by atoms with Crippen molar-refractivity contribution in [3.63, 3.8) is 0 Å². The van der Waals surface area contributed by atoms with E-state index >= 15 is 0 Å².